The number of hydrogen-bond acceptors (Lipinski definition) is 7. The molecule has 0 unspecified atom stereocenters. The van der Waals surface area contributed by atoms with Crippen molar-refractivity contribution in [2.75, 3.05) is 24.9 Å². The summed E-state index contributed by atoms with van der Waals surface area (Å²) in [4.78, 5) is 20.1. The fourth-order valence-electron chi connectivity index (χ4n) is 2.55. The van der Waals surface area contributed by atoms with Gasteiger partial charge in [0, 0.05) is 22.8 Å². The van der Waals surface area contributed by atoms with Crippen LogP contribution in [0.5, 0.6) is 5.75 Å². The van der Waals surface area contributed by atoms with Crippen LogP contribution in [0.4, 0.5) is 23.0 Å². The van der Waals surface area contributed by atoms with Gasteiger partial charge < -0.3 is 20.1 Å². The van der Waals surface area contributed by atoms with Crippen molar-refractivity contribution in [1.82, 2.24) is 9.97 Å². The van der Waals surface area contributed by atoms with E-state index in [1.54, 1.807) is 37.4 Å². The molecule has 2 aromatic carbocycles. The summed E-state index contributed by atoms with van der Waals surface area (Å²) in [5.41, 5.74) is 2.80. The Labute approximate surface area is 167 Å². The summed E-state index contributed by atoms with van der Waals surface area (Å²) in [6, 6.07) is 12.3. The van der Waals surface area contributed by atoms with Crippen molar-refractivity contribution in [2.24, 2.45) is 0 Å². The van der Waals surface area contributed by atoms with Crippen LogP contribution in [-0.4, -0.2) is 30.2 Å². The number of benzene rings is 2. The molecule has 0 amide bonds. The second-order valence-electron chi connectivity index (χ2n) is 5.91. The predicted molar refractivity (Wildman–Crippen MR) is 109 cm³/mol. The lowest BCUT2D eigenvalue weighted by atomic mass is 10.2. The molecule has 2 N–H and O–H groups in total. The molecule has 1 heterocycles. The van der Waals surface area contributed by atoms with Gasteiger partial charge in [0.05, 0.1) is 25.5 Å². The number of halogens is 1. The van der Waals surface area contributed by atoms with Crippen LogP contribution in [0.2, 0.25) is 5.02 Å². The number of nitrogens with one attached hydrogen (secondary N) is 2. The van der Waals surface area contributed by atoms with Gasteiger partial charge in [-0.2, -0.15) is 0 Å². The number of esters is 1. The van der Waals surface area contributed by atoms with E-state index >= 15 is 0 Å². The first-order valence-electron chi connectivity index (χ1n) is 8.38. The molecule has 144 valence electrons. The Kier molecular flexibility index (Phi) is 5.96. The highest BCUT2D eigenvalue weighted by atomic mass is 35.5. The third-order valence-electron chi connectivity index (χ3n) is 3.97. The lowest BCUT2D eigenvalue weighted by Crippen LogP contribution is -2.03. The molecule has 0 aliphatic heterocycles. The summed E-state index contributed by atoms with van der Waals surface area (Å²) in [6.45, 7) is 1.91. The Morgan fingerprint density at radius 3 is 2.50 bits per heavy atom. The summed E-state index contributed by atoms with van der Waals surface area (Å²) in [5, 5.41) is 6.98. The van der Waals surface area contributed by atoms with Crippen molar-refractivity contribution in [3.05, 3.63) is 64.9 Å². The summed E-state index contributed by atoms with van der Waals surface area (Å²) < 4.78 is 10.1. The number of rotatable bonds is 6. The average Bonchev–Trinajstić information content (AvgIpc) is 2.70. The topological polar surface area (TPSA) is 85.4 Å². The SMILES string of the molecule is COC(=O)c1cccc(Nc2cc(Nc3cc(C)c(Cl)cc3OC)ncn2)c1. The number of nitrogens with zero attached hydrogens (tertiary/aromatic N) is 2. The molecule has 1 aromatic heterocycles. The molecule has 0 saturated carbocycles. The molecule has 28 heavy (non-hydrogen) atoms. The van der Waals surface area contributed by atoms with Crippen molar-refractivity contribution in [3.8, 4) is 5.75 Å². The lowest BCUT2D eigenvalue weighted by Gasteiger charge is -2.13. The van der Waals surface area contributed by atoms with Gasteiger partial charge in [-0.1, -0.05) is 17.7 Å². The van der Waals surface area contributed by atoms with Crippen LogP contribution in [0.25, 0.3) is 0 Å². The molecular formula is C20H19ClN4O3. The van der Waals surface area contributed by atoms with E-state index < -0.39 is 5.97 Å². The highest BCUT2D eigenvalue weighted by Gasteiger charge is 2.10. The third-order valence-corrected chi connectivity index (χ3v) is 4.37. The number of anilines is 4. The van der Waals surface area contributed by atoms with Gasteiger partial charge in [-0.15, -0.1) is 0 Å². The largest absolute Gasteiger partial charge is 0.495 e. The van der Waals surface area contributed by atoms with Crippen LogP contribution in [0.1, 0.15) is 15.9 Å². The van der Waals surface area contributed by atoms with Gasteiger partial charge in [0.15, 0.2) is 0 Å². The van der Waals surface area contributed by atoms with E-state index in [9.17, 15) is 4.79 Å². The standard InChI is InChI=1S/C20H19ClN4O3/c1-12-7-16(17(27-2)9-15(12)21)25-19-10-18(22-11-23-19)24-14-6-4-5-13(8-14)20(26)28-3/h4-11H,1-3H3,(H2,22,23,24,25). The predicted octanol–water partition coefficient (Wildman–Crippen LogP) is 4.72. The summed E-state index contributed by atoms with van der Waals surface area (Å²) in [7, 11) is 2.92. The number of carbonyl (C=O) groups is 1. The monoisotopic (exact) mass is 398 g/mol. The fraction of sp³-hybridized carbons (Fsp3) is 0.150. The van der Waals surface area contributed by atoms with Crippen LogP contribution >= 0.6 is 11.6 Å². The minimum Gasteiger partial charge on any atom is -0.495 e. The van der Waals surface area contributed by atoms with E-state index in [2.05, 4.69) is 20.6 Å². The van der Waals surface area contributed by atoms with Gasteiger partial charge >= 0.3 is 5.97 Å². The van der Waals surface area contributed by atoms with Gasteiger partial charge in [0.1, 0.15) is 23.7 Å². The van der Waals surface area contributed by atoms with Gasteiger partial charge in [0.25, 0.3) is 0 Å². The van der Waals surface area contributed by atoms with Gasteiger partial charge in [-0.25, -0.2) is 14.8 Å². The van der Waals surface area contributed by atoms with Crippen LogP contribution < -0.4 is 15.4 Å². The quantitative estimate of drug-likeness (QED) is 0.581. The smallest absolute Gasteiger partial charge is 0.337 e. The maximum absolute atomic E-state index is 11.7. The number of carbonyl (C=O) groups excluding carboxylic acids is 1. The Hall–Kier alpha value is -3.32. The first-order chi connectivity index (χ1) is 13.5. The molecule has 0 saturated heterocycles. The highest BCUT2D eigenvalue weighted by Crippen LogP contribution is 2.33. The van der Waals surface area contributed by atoms with Crippen molar-refractivity contribution in [1.29, 1.82) is 0 Å². The van der Waals surface area contributed by atoms with E-state index in [0.29, 0.717) is 33.7 Å². The zero-order chi connectivity index (χ0) is 20.1. The normalized spacial score (nSPS) is 10.3. The number of ether oxygens (including phenoxy) is 2. The summed E-state index contributed by atoms with van der Waals surface area (Å²) >= 11 is 6.15. The third kappa shape index (κ3) is 4.50. The Balaban J connectivity index is 1.82. The van der Waals surface area contributed by atoms with Crippen molar-refractivity contribution in [3.63, 3.8) is 0 Å². The maximum Gasteiger partial charge on any atom is 0.337 e. The molecule has 0 atom stereocenters. The fourth-order valence-corrected chi connectivity index (χ4v) is 2.71. The van der Waals surface area contributed by atoms with Crippen LogP contribution in [0.15, 0.2) is 48.8 Å². The maximum atomic E-state index is 11.7. The van der Waals surface area contributed by atoms with Crippen LogP contribution in [0.3, 0.4) is 0 Å². The molecule has 8 heteroatoms. The van der Waals surface area contributed by atoms with Crippen LogP contribution in [-0.2, 0) is 4.74 Å². The molecule has 3 rings (SSSR count). The van der Waals surface area contributed by atoms with Gasteiger partial charge in [-0.3, -0.25) is 0 Å². The molecule has 7 nitrogen and oxygen atoms in total. The number of methoxy groups -OCH3 is 2. The number of hydrogen-bond donors (Lipinski definition) is 2. The minimum absolute atomic E-state index is 0.404. The molecule has 3 aromatic rings. The lowest BCUT2D eigenvalue weighted by molar-refractivity contribution is 0.0601. The summed E-state index contributed by atoms with van der Waals surface area (Å²) in [6.07, 6.45) is 1.43. The van der Waals surface area contributed by atoms with E-state index in [1.165, 1.54) is 13.4 Å². The second kappa shape index (κ2) is 8.58. The van der Waals surface area contributed by atoms with Gasteiger partial charge in [-0.05, 0) is 36.8 Å². The number of aryl methyl sites for hydroxylation is 1. The van der Waals surface area contributed by atoms with Crippen molar-refractivity contribution >= 4 is 40.6 Å². The van der Waals surface area contributed by atoms with Crippen molar-refractivity contribution < 1.29 is 14.3 Å². The van der Waals surface area contributed by atoms with Crippen molar-refractivity contribution in [2.45, 2.75) is 6.92 Å². The zero-order valence-corrected chi connectivity index (χ0v) is 16.4. The van der Waals surface area contributed by atoms with Crippen LogP contribution in [0, 0.1) is 6.92 Å². The average molecular weight is 399 g/mol. The Bertz CT molecular complexity index is 1010. The molecule has 0 bridgehead atoms. The molecule has 0 fully saturated rings. The van der Waals surface area contributed by atoms with E-state index in [4.69, 9.17) is 21.1 Å². The molecule has 0 aliphatic carbocycles. The van der Waals surface area contributed by atoms with E-state index in [1.807, 2.05) is 19.1 Å². The molecular weight excluding hydrogens is 380 g/mol. The minimum atomic E-state index is -0.404. The first kappa shape index (κ1) is 19.4. The molecule has 0 radical (unpaired) electrons. The highest BCUT2D eigenvalue weighted by molar-refractivity contribution is 6.31. The second-order valence-corrected chi connectivity index (χ2v) is 6.32. The first-order valence-corrected chi connectivity index (χ1v) is 8.76. The summed E-state index contributed by atoms with van der Waals surface area (Å²) in [5.74, 6) is 1.33. The molecule has 0 aliphatic rings. The van der Waals surface area contributed by atoms with E-state index in [0.717, 1.165) is 11.3 Å². The van der Waals surface area contributed by atoms with E-state index in [-0.39, 0.29) is 0 Å². The zero-order valence-electron chi connectivity index (χ0n) is 15.6. The van der Waals surface area contributed by atoms with Gasteiger partial charge in [0.2, 0.25) is 0 Å². The Morgan fingerprint density at radius 2 is 1.79 bits per heavy atom. The Morgan fingerprint density at radius 1 is 1.04 bits per heavy atom. The number of aromatic nitrogens is 2. The molecule has 0 spiro atoms.